The van der Waals surface area contributed by atoms with Gasteiger partial charge in [-0.3, -0.25) is 14.5 Å². The van der Waals surface area contributed by atoms with Crippen LogP contribution < -0.4 is 0 Å². The van der Waals surface area contributed by atoms with Crippen molar-refractivity contribution >= 4 is 17.4 Å². The molecule has 0 N–H and O–H groups in total. The van der Waals surface area contributed by atoms with Gasteiger partial charge in [0.2, 0.25) is 0 Å². The van der Waals surface area contributed by atoms with Gasteiger partial charge in [-0.25, -0.2) is 4.39 Å². The first-order valence-electron chi connectivity index (χ1n) is 9.61. The second-order valence-electron chi connectivity index (χ2n) is 7.22. The SMILES string of the molecule is O=C1C(c2ccc(F)cc2)=C(N2CCOCC2)C(=O)N1Cc1cccc(C(F)(F)F)c1. The van der Waals surface area contributed by atoms with Gasteiger partial charge in [0.05, 0.1) is 30.9 Å². The van der Waals surface area contributed by atoms with Gasteiger partial charge in [-0.2, -0.15) is 13.2 Å². The molecule has 0 saturated carbocycles. The Bertz CT molecular complexity index is 1040. The van der Waals surface area contributed by atoms with E-state index in [-0.39, 0.29) is 23.4 Å². The third-order valence-electron chi connectivity index (χ3n) is 5.20. The number of halogens is 4. The van der Waals surface area contributed by atoms with E-state index < -0.39 is 29.4 Å². The first-order valence-corrected chi connectivity index (χ1v) is 9.61. The molecule has 0 aliphatic carbocycles. The van der Waals surface area contributed by atoms with Gasteiger partial charge < -0.3 is 9.64 Å². The normalized spacial score (nSPS) is 17.7. The Labute approximate surface area is 175 Å². The van der Waals surface area contributed by atoms with Crippen molar-refractivity contribution < 1.29 is 31.9 Å². The third kappa shape index (κ3) is 4.18. The molecule has 2 aliphatic heterocycles. The first-order chi connectivity index (χ1) is 14.8. The molecule has 9 heteroatoms. The molecule has 0 bridgehead atoms. The Morgan fingerprint density at radius 2 is 1.61 bits per heavy atom. The van der Waals surface area contributed by atoms with Crippen LogP contribution in [0.5, 0.6) is 0 Å². The molecule has 0 aromatic heterocycles. The highest BCUT2D eigenvalue weighted by molar-refractivity contribution is 6.35. The van der Waals surface area contributed by atoms with Crippen LogP contribution in [0.1, 0.15) is 16.7 Å². The lowest BCUT2D eigenvalue weighted by molar-refractivity contribution is -0.138. The summed E-state index contributed by atoms with van der Waals surface area (Å²) in [5.41, 5.74) is -0.0408. The number of amides is 2. The molecule has 2 aliphatic rings. The predicted molar refractivity (Wildman–Crippen MR) is 103 cm³/mol. The molecule has 4 rings (SSSR count). The lowest BCUT2D eigenvalue weighted by atomic mass is 10.0. The zero-order valence-electron chi connectivity index (χ0n) is 16.3. The standard InChI is InChI=1S/C22H18F4N2O3/c23-17-6-4-15(5-7-17)18-19(27-8-10-31-11-9-27)21(30)28(20(18)29)13-14-2-1-3-16(12-14)22(24,25)26/h1-7,12H,8-11,13H2. The van der Waals surface area contributed by atoms with Gasteiger partial charge in [0.1, 0.15) is 11.5 Å². The number of carbonyl (C=O) groups excluding carboxylic acids is 2. The van der Waals surface area contributed by atoms with Crippen LogP contribution in [0.15, 0.2) is 54.2 Å². The molecule has 31 heavy (non-hydrogen) atoms. The Morgan fingerprint density at radius 3 is 2.26 bits per heavy atom. The van der Waals surface area contributed by atoms with Crippen molar-refractivity contribution in [2.24, 2.45) is 0 Å². The summed E-state index contributed by atoms with van der Waals surface area (Å²) in [6, 6.07) is 9.71. The van der Waals surface area contributed by atoms with Gasteiger partial charge in [-0.15, -0.1) is 0 Å². The zero-order chi connectivity index (χ0) is 22.2. The molecular weight excluding hydrogens is 416 g/mol. The lowest BCUT2D eigenvalue weighted by Crippen LogP contribution is -2.40. The van der Waals surface area contributed by atoms with Crippen LogP contribution in [0.2, 0.25) is 0 Å². The molecule has 1 fully saturated rings. The lowest BCUT2D eigenvalue weighted by Gasteiger charge is -2.29. The van der Waals surface area contributed by atoms with Gasteiger partial charge in [0.15, 0.2) is 0 Å². The number of imide groups is 1. The Hall–Kier alpha value is -3.20. The Kier molecular flexibility index (Phi) is 5.53. The van der Waals surface area contributed by atoms with Crippen molar-refractivity contribution in [3.8, 4) is 0 Å². The molecule has 0 radical (unpaired) electrons. The third-order valence-corrected chi connectivity index (χ3v) is 5.20. The van der Waals surface area contributed by atoms with Crippen LogP contribution in [0.4, 0.5) is 17.6 Å². The highest BCUT2D eigenvalue weighted by Crippen LogP contribution is 2.34. The van der Waals surface area contributed by atoms with Crippen LogP contribution in [0.3, 0.4) is 0 Å². The summed E-state index contributed by atoms with van der Waals surface area (Å²) in [5.74, 6) is -1.71. The van der Waals surface area contributed by atoms with E-state index in [2.05, 4.69) is 0 Å². The maximum absolute atomic E-state index is 13.4. The maximum atomic E-state index is 13.4. The van der Waals surface area contributed by atoms with E-state index in [0.717, 1.165) is 17.0 Å². The number of hydrogen-bond acceptors (Lipinski definition) is 4. The molecule has 2 aromatic rings. The van der Waals surface area contributed by atoms with E-state index in [1.54, 1.807) is 4.90 Å². The summed E-state index contributed by atoms with van der Waals surface area (Å²) < 4.78 is 57.9. The number of carbonyl (C=O) groups is 2. The van der Waals surface area contributed by atoms with E-state index in [4.69, 9.17) is 4.74 Å². The summed E-state index contributed by atoms with van der Waals surface area (Å²) in [4.78, 5) is 29.1. The second-order valence-corrected chi connectivity index (χ2v) is 7.22. The fourth-order valence-corrected chi connectivity index (χ4v) is 3.69. The van der Waals surface area contributed by atoms with Crippen molar-refractivity contribution in [2.45, 2.75) is 12.7 Å². The van der Waals surface area contributed by atoms with Gasteiger partial charge >= 0.3 is 6.18 Å². The van der Waals surface area contributed by atoms with Crippen molar-refractivity contribution in [1.29, 1.82) is 0 Å². The van der Waals surface area contributed by atoms with Gasteiger partial charge in [0.25, 0.3) is 11.8 Å². The molecule has 0 unspecified atom stereocenters. The van der Waals surface area contributed by atoms with E-state index in [9.17, 15) is 27.2 Å². The number of rotatable bonds is 4. The molecule has 2 aromatic carbocycles. The van der Waals surface area contributed by atoms with Gasteiger partial charge in [-0.05, 0) is 35.4 Å². The molecule has 5 nitrogen and oxygen atoms in total. The quantitative estimate of drug-likeness (QED) is 0.547. The molecule has 0 spiro atoms. The summed E-state index contributed by atoms with van der Waals surface area (Å²) >= 11 is 0. The first kappa shape index (κ1) is 21.0. The molecular formula is C22H18F4N2O3. The Balaban J connectivity index is 1.70. The molecule has 2 amide bonds. The fraction of sp³-hybridized carbons (Fsp3) is 0.273. The summed E-state index contributed by atoms with van der Waals surface area (Å²) in [5, 5.41) is 0. The minimum atomic E-state index is -4.54. The van der Waals surface area contributed by atoms with E-state index >= 15 is 0 Å². The number of ether oxygens (including phenoxy) is 1. The second kappa shape index (κ2) is 8.14. The monoisotopic (exact) mass is 434 g/mol. The largest absolute Gasteiger partial charge is 0.416 e. The van der Waals surface area contributed by atoms with Crippen molar-refractivity contribution in [3.63, 3.8) is 0 Å². The Morgan fingerprint density at radius 1 is 0.935 bits per heavy atom. The average Bonchev–Trinajstić information content (AvgIpc) is 2.99. The molecule has 162 valence electrons. The minimum Gasteiger partial charge on any atom is -0.378 e. The number of morpholine rings is 1. The number of nitrogens with zero attached hydrogens (tertiary/aromatic N) is 2. The topological polar surface area (TPSA) is 49.9 Å². The molecule has 0 atom stereocenters. The minimum absolute atomic E-state index is 0.110. The van der Waals surface area contributed by atoms with E-state index in [0.29, 0.717) is 31.9 Å². The van der Waals surface area contributed by atoms with Crippen molar-refractivity contribution in [3.05, 3.63) is 76.7 Å². The number of benzene rings is 2. The molecule has 1 saturated heterocycles. The smallest absolute Gasteiger partial charge is 0.378 e. The van der Waals surface area contributed by atoms with E-state index in [1.807, 2.05) is 0 Å². The fourth-order valence-electron chi connectivity index (χ4n) is 3.69. The van der Waals surface area contributed by atoms with Crippen LogP contribution in [-0.4, -0.2) is 47.9 Å². The summed E-state index contributed by atoms with van der Waals surface area (Å²) in [7, 11) is 0. The summed E-state index contributed by atoms with van der Waals surface area (Å²) in [6.07, 6.45) is -4.54. The predicted octanol–water partition coefficient (Wildman–Crippen LogP) is 3.46. The van der Waals surface area contributed by atoms with Crippen molar-refractivity contribution in [1.82, 2.24) is 9.80 Å². The van der Waals surface area contributed by atoms with Gasteiger partial charge in [0, 0.05) is 13.1 Å². The van der Waals surface area contributed by atoms with Crippen LogP contribution in [0.25, 0.3) is 5.57 Å². The summed E-state index contributed by atoms with van der Waals surface area (Å²) in [6.45, 7) is 1.21. The highest BCUT2D eigenvalue weighted by Gasteiger charge is 2.42. The highest BCUT2D eigenvalue weighted by atomic mass is 19.4. The van der Waals surface area contributed by atoms with Gasteiger partial charge in [-0.1, -0.05) is 24.3 Å². The average molecular weight is 434 g/mol. The zero-order valence-corrected chi connectivity index (χ0v) is 16.3. The number of alkyl halides is 3. The maximum Gasteiger partial charge on any atom is 0.416 e. The van der Waals surface area contributed by atoms with E-state index in [1.165, 1.54) is 36.4 Å². The molecule has 2 heterocycles. The van der Waals surface area contributed by atoms with Crippen molar-refractivity contribution in [2.75, 3.05) is 26.3 Å². The van der Waals surface area contributed by atoms with Crippen LogP contribution in [-0.2, 0) is 27.0 Å². The van der Waals surface area contributed by atoms with Crippen LogP contribution in [0, 0.1) is 5.82 Å². The number of hydrogen-bond donors (Lipinski definition) is 0. The van der Waals surface area contributed by atoms with Crippen LogP contribution >= 0.6 is 0 Å².